The highest BCUT2D eigenvalue weighted by molar-refractivity contribution is 6.30. The molecule has 5 heteroatoms. The number of likely N-dealkylation sites (tertiary alicyclic amines) is 1. The summed E-state index contributed by atoms with van der Waals surface area (Å²) in [6.07, 6.45) is 3.87. The van der Waals surface area contributed by atoms with E-state index in [1.54, 1.807) is 24.3 Å². The number of rotatable bonds is 4. The zero-order valence-corrected chi connectivity index (χ0v) is 11.4. The average molecular weight is 281 g/mol. The maximum Gasteiger partial charge on any atom is 0.238 e. The lowest BCUT2D eigenvalue weighted by Gasteiger charge is -2.31. The van der Waals surface area contributed by atoms with Crippen molar-refractivity contribution in [1.82, 2.24) is 4.90 Å². The molecule has 1 aromatic carbocycles. The van der Waals surface area contributed by atoms with Crippen LogP contribution in [0.4, 0.5) is 5.69 Å². The van der Waals surface area contributed by atoms with Gasteiger partial charge in [0.1, 0.15) is 6.29 Å². The van der Waals surface area contributed by atoms with Gasteiger partial charge in [-0.15, -0.1) is 0 Å². The number of halogens is 1. The summed E-state index contributed by atoms with van der Waals surface area (Å²) in [5, 5.41) is 3.38. The standard InChI is InChI=1S/C14H17ClN2O2/c15-11-4-3-5-12(8-11)16-14(19)9-17-7-2-1-6-13(17)10-18/h3-5,8,10,13H,1-2,6-7,9H2,(H,16,19). The Bertz CT molecular complexity index is 465. The van der Waals surface area contributed by atoms with Crippen LogP contribution in [0.5, 0.6) is 0 Å². The van der Waals surface area contributed by atoms with Crippen molar-refractivity contribution in [3.8, 4) is 0 Å². The van der Waals surface area contributed by atoms with Crippen LogP contribution in [0.1, 0.15) is 19.3 Å². The Morgan fingerprint density at radius 3 is 3.05 bits per heavy atom. The maximum atomic E-state index is 11.9. The Morgan fingerprint density at radius 2 is 2.32 bits per heavy atom. The summed E-state index contributed by atoms with van der Waals surface area (Å²) in [5.74, 6) is -0.115. The van der Waals surface area contributed by atoms with Crippen molar-refractivity contribution in [1.29, 1.82) is 0 Å². The van der Waals surface area contributed by atoms with E-state index < -0.39 is 0 Å². The third-order valence-electron chi connectivity index (χ3n) is 3.28. The number of benzene rings is 1. The molecule has 0 aromatic heterocycles. The third kappa shape index (κ3) is 4.04. The second-order valence-corrected chi connectivity index (χ2v) is 5.16. The van der Waals surface area contributed by atoms with Gasteiger partial charge < -0.3 is 10.1 Å². The summed E-state index contributed by atoms with van der Waals surface area (Å²) in [5.41, 5.74) is 0.678. The monoisotopic (exact) mass is 280 g/mol. The SMILES string of the molecule is O=CC1CCCCN1CC(=O)Nc1cccc(Cl)c1. The highest BCUT2D eigenvalue weighted by atomic mass is 35.5. The molecule has 0 bridgehead atoms. The van der Waals surface area contributed by atoms with E-state index in [1.165, 1.54) is 0 Å². The number of piperidine rings is 1. The van der Waals surface area contributed by atoms with Crippen molar-refractivity contribution >= 4 is 29.5 Å². The molecule has 1 aliphatic heterocycles. The second kappa shape index (κ2) is 6.68. The van der Waals surface area contributed by atoms with Gasteiger partial charge in [0.15, 0.2) is 0 Å². The first-order chi connectivity index (χ1) is 9.19. The van der Waals surface area contributed by atoms with Crippen LogP contribution in [0.25, 0.3) is 0 Å². The molecule has 1 aliphatic rings. The molecule has 0 radical (unpaired) electrons. The normalized spacial score (nSPS) is 19.9. The van der Waals surface area contributed by atoms with E-state index in [1.807, 2.05) is 4.90 Å². The van der Waals surface area contributed by atoms with Gasteiger partial charge in [0.05, 0.1) is 12.6 Å². The first kappa shape index (κ1) is 14.0. The van der Waals surface area contributed by atoms with Crippen molar-refractivity contribution in [3.05, 3.63) is 29.3 Å². The van der Waals surface area contributed by atoms with Crippen LogP contribution in [-0.4, -0.2) is 36.2 Å². The van der Waals surface area contributed by atoms with E-state index in [2.05, 4.69) is 5.32 Å². The van der Waals surface area contributed by atoms with E-state index in [9.17, 15) is 9.59 Å². The first-order valence-electron chi connectivity index (χ1n) is 6.44. The Hall–Kier alpha value is -1.39. The molecule has 1 N–H and O–H groups in total. The number of hydrogen-bond acceptors (Lipinski definition) is 3. The zero-order valence-electron chi connectivity index (χ0n) is 10.6. The van der Waals surface area contributed by atoms with E-state index in [0.717, 1.165) is 32.1 Å². The molecule has 102 valence electrons. The molecule has 1 amide bonds. The molecule has 1 unspecified atom stereocenters. The number of hydrogen-bond donors (Lipinski definition) is 1. The topological polar surface area (TPSA) is 49.4 Å². The van der Waals surface area contributed by atoms with Gasteiger partial charge in [-0.05, 0) is 37.6 Å². The highest BCUT2D eigenvalue weighted by Crippen LogP contribution is 2.17. The Kier molecular flexibility index (Phi) is 4.93. The van der Waals surface area contributed by atoms with Gasteiger partial charge in [0.25, 0.3) is 0 Å². The van der Waals surface area contributed by atoms with Crippen LogP contribution in [0, 0.1) is 0 Å². The lowest BCUT2D eigenvalue weighted by Crippen LogP contribution is -2.44. The number of anilines is 1. The van der Waals surface area contributed by atoms with Crippen LogP contribution in [0.15, 0.2) is 24.3 Å². The number of carbonyl (C=O) groups excluding carboxylic acids is 2. The minimum atomic E-state index is -0.126. The summed E-state index contributed by atoms with van der Waals surface area (Å²) >= 11 is 5.86. The van der Waals surface area contributed by atoms with E-state index in [4.69, 9.17) is 11.6 Å². The predicted octanol–water partition coefficient (Wildman–Crippen LogP) is 2.33. The molecule has 4 nitrogen and oxygen atoms in total. The molecule has 19 heavy (non-hydrogen) atoms. The fourth-order valence-corrected chi connectivity index (χ4v) is 2.51. The van der Waals surface area contributed by atoms with Gasteiger partial charge in [-0.25, -0.2) is 0 Å². The molecule has 1 fully saturated rings. The van der Waals surface area contributed by atoms with Gasteiger partial charge in [-0.3, -0.25) is 9.69 Å². The van der Waals surface area contributed by atoms with E-state index in [-0.39, 0.29) is 18.5 Å². The van der Waals surface area contributed by atoms with Crippen LogP contribution in [0.2, 0.25) is 5.02 Å². The maximum absolute atomic E-state index is 11.9. The molecule has 0 aliphatic carbocycles. The summed E-state index contributed by atoms with van der Waals surface area (Å²) in [7, 11) is 0. The van der Waals surface area contributed by atoms with Gasteiger partial charge in [-0.2, -0.15) is 0 Å². The first-order valence-corrected chi connectivity index (χ1v) is 6.81. The van der Waals surface area contributed by atoms with Gasteiger partial charge in [-0.1, -0.05) is 24.1 Å². The molecule has 0 saturated carbocycles. The van der Waals surface area contributed by atoms with Crippen LogP contribution < -0.4 is 5.32 Å². The van der Waals surface area contributed by atoms with E-state index >= 15 is 0 Å². The van der Waals surface area contributed by atoms with Crippen molar-refractivity contribution in [3.63, 3.8) is 0 Å². The fourth-order valence-electron chi connectivity index (χ4n) is 2.32. The Labute approximate surface area is 117 Å². The molecular formula is C14H17ClN2O2. The molecule has 0 spiro atoms. The van der Waals surface area contributed by atoms with E-state index in [0.29, 0.717) is 10.7 Å². The Morgan fingerprint density at radius 1 is 1.47 bits per heavy atom. The number of aldehydes is 1. The number of nitrogens with one attached hydrogen (secondary N) is 1. The molecule has 2 rings (SSSR count). The smallest absolute Gasteiger partial charge is 0.238 e. The minimum absolute atomic E-state index is 0.115. The van der Waals surface area contributed by atoms with Gasteiger partial charge >= 0.3 is 0 Å². The highest BCUT2D eigenvalue weighted by Gasteiger charge is 2.23. The number of nitrogens with zero attached hydrogens (tertiary/aromatic N) is 1. The van der Waals surface area contributed by atoms with Crippen LogP contribution in [0.3, 0.4) is 0 Å². The van der Waals surface area contributed by atoms with Gasteiger partial charge in [0.2, 0.25) is 5.91 Å². The minimum Gasteiger partial charge on any atom is -0.325 e. The van der Waals surface area contributed by atoms with Crippen molar-refractivity contribution in [2.24, 2.45) is 0 Å². The van der Waals surface area contributed by atoms with Gasteiger partial charge in [0, 0.05) is 10.7 Å². The Balaban J connectivity index is 1.91. The number of carbonyl (C=O) groups is 2. The molecule has 1 saturated heterocycles. The zero-order chi connectivity index (χ0) is 13.7. The summed E-state index contributed by atoms with van der Waals surface area (Å²) in [4.78, 5) is 24.8. The third-order valence-corrected chi connectivity index (χ3v) is 3.51. The van der Waals surface area contributed by atoms with Crippen LogP contribution >= 0.6 is 11.6 Å². The molecule has 1 heterocycles. The second-order valence-electron chi connectivity index (χ2n) is 4.73. The average Bonchev–Trinajstić information content (AvgIpc) is 2.39. The molecule has 1 atom stereocenters. The summed E-state index contributed by atoms with van der Waals surface area (Å²) in [6.45, 7) is 1.04. The quantitative estimate of drug-likeness (QED) is 0.861. The summed E-state index contributed by atoms with van der Waals surface area (Å²) in [6, 6.07) is 6.90. The fraction of sp³-hybridized carbons (Fsp3) is 0.429. The molecule has 1 aromatic rings. The lowest BCUT2D eigenvalue weighted by molar-refractivity contribution is -0.120. The number of amides is 1. The largest absolute Gasteiger partial charge is 0.325 e. The molecular weight excluding hydrogens is 264 g/mol. The lowest BCUT2D eigenvalue weighted by atomic mass is 10.0. The van der Waals surface area contributed by atoms with Crippen molar-refractivity contribution < 1.29 is 9.59 Å². The predicted molar refractivity (Wildman–Crippen MR) is 75.4 cm³/mol. The summed E-state index contributed by atoms with van der Waals surface area (Å²) < 4.78 is 0. The van der Waals surface area contributed by atoms with Crippen molar-refractivity contribution in [2.45, 2.75) is 25.3 Å². The van der Waals surface area contributed by atoms with Crippen molar-refractivity contribution in [2.75, 3.05) is 18.4 Å². The van der Waals surface area contributed by atoms with Crippen LogP contribution in [-0.2, 0) is 9.59 Å².